The van der Waals surface area contributed by atoms with Gasteiger partial charge in [0, 0.05) is 25.7 Å². The first-order valence-corrected chi connectivity index (χ1v) is 7.32. The lowest BCUT2D eigenvalue weighted by molar-refractivity contribution is 0.177. The Bertz CT molecular complexity index is 205. The molecule has 2 heteroatoms. The largest absolute Gasteiger partial charge is 0.311 e. The van der Waals surface area contributed by atoms with Crippen LogP contribution >= 0.6 is 0 Å². The van der Waals surface area contributed by atoms with Crippen LogP contribution in [0.5, 0.6) is 0 Å². The SMILES string of the molecule is CC(C)CC1CN(CCCC(C)(C)C)CCN1. The van der Waals surface area contributed by atoms with Gasteiger partial charge in [-0.15, -0.1) is 0 Å². The van der Waals surface area contributed by atoms with Crippen LogP contribution in [0.1, 0.15) is 53.9 Å². The van der Waals surface area contributed by atoms with Gasteiger partial charge in [0.2, 0.25) is 0 Å². The molecular weight excluding hydrogens is 208 g/mol. The van der Waals surface area contributed by atoms with Gasteiger partial charge >= 0.3 is 0 Å². The zero-order valence-electron chi connectivity index (χ0n) is 12.6. The third-order valence-electron chi connectivity index (χ3n) is 3.50. The molecular formula is C15H32N2. The van der Waals surface area contributed by atoms with E-state index < -0.39 is 0 Å². The normalized spacial score (nSPS) is 23.3. The minimum atomic E-state index is 0.491. The van der Waals surface area contributed by atoms with E-state index in [2.05, 4.69) is 44.8 Å². The van der Waals surface area contributed by atoms with Gasteiger partial charge in [-0.2, -0.15) is 0 Å². The van der Waals surface area contributed by atoms with Gasteiger partial charge in [0.05, 0.1) is 0 Å². The highest BCUT2D eigenvalue weighted by atomic mass is 15.2. The van der Waals surface area contributed by atoms with Gasteiger partial charge in [-0.05, 0) is 37.1 Å². The minimum Gasteiger partial charge on any atom is -0.311 e. The molecule has 0 bridgehead atoms. The van der Waals surface area contributed by atoms with Crippen molar-refractivity contribution in [2.75, 3.05) is 26.2 Å². The lowest BCUT2D eigenvalue weighted by Gasteiger charge is -2.35. The molecule has 0 aromatic rings. The molecule has 1 aliphatic heterocycles. The second kappa shape index (κ2) is 6.75. The molecule has 17 heavy (non-hydrogen) atoms. The van der Waals surface area contributed by atoms with Crippen molar-refractivity contribution in [1.29, 1.82) is 0 Å². The van der Waals surface area contributed by atoms with Crippen molar-refractivity contribution in [3.63, 3.8) is 0 Å². The van der Waals surface area contributed by atoms with Crippen molar-refractivity contribution < 1.29 is 0 Å². The van der Waals surface area contributed by atoms with Gasteiger partial charge in [-0.3, -0.25) is 0 Å². The Labute approximate surface area is 108 Å². The first-order valence-electron chi connectivity index (χ1n) is 7.32. The number of nitrogens with one attached hydrogen (secondary N) is 1. The molecule has 0 saturated carbocycles. The second-order valence-corrected chi connectivity index (χ2v) is 7.25. The number of rotatable bonds is 5. The van der Waals surface area contributed by atoms with E-state index in [1.54, 1.807) is 0 Å². The van der Waals surface area contributed by atoms with Crippen LogP contribution in [0, 0.1) is 11.3 Å². The van der Waals surface area contributed by atoms with Crippen LogP contribution in [-0.4, -0.2) is 37.1 Å². The maximum Gasteiger partial charge on any atom is 0.0197 e. The molecule has 0 aromatic carbocycles. The molecule has 1 atom stereocenters. The van der Waals surface area contributed by atoms with Crippen LogP contribution in [0.4, 0.5) is 0 Å². The summed E-state index contributed by atoms with van der Waals surface area (Å²) in [5.41, 5.74) is 0.491. The quantitative estimate of drug-likeness (QED) is 0.794. The van der Waals surface area contributed by atoms with E-state index in [0.717, 1.165) is 12.0 Å². The van der Waals surface area contributed by atoms with Crippen molar-refractivity contribution in [3.05, 3.63) is 0 Å². The van der Waals surface area contributed by atoms with E-state index >= 15 is 0 Å². The molecule has 0 radical (unpaired) electrons. The molecule has 1 unspecified atom stereocenters. The Kier molecular flexibility index (Phi) is 5.94. The molecule has 1 aliphatic rings. The Hall–Kier alpha value is -0.0800. The van der Waals surface area contributed by atoms with Crippen LogP contribution in [0.25, 0.3) is 0 Å². The highest BCUT2D eigenvalue weighted by Gasteiger charge is 2.20. The van der Waals surface area contributed by atoms with Crippen molar-refractivity contribution in [2.45, 2.75) is 59.9 Å². The van der Waals surface area contributed by atoms with E-state index in [-0.39, 0.29) is 0 Å². The summed E-state index contributed by atoms with van der Waals surface area (Å²) in [4.78, 5) is 2.65. The molecule has 2 nitrogen and oxygen atoms in total. The molecule has 1 fully saturated rings. The second-order valence-electron chi connectivity index (χ2n) is 7.25. The summed E-state index contributed by atoms with van der Waals surface area (Å²) in [5.74, 6) is 0.807. The highest BCUT2D eigenvalue weighted by molar-refractivity contribution is 4.79. The average Bonchev–Trinajstić information content (AvgIpc) is 2.15. The Morgan fingerprint density at radius 3 is 2.59 bits per heavy atom. The lowest BCUT2D eigenvalue weighted by Crippen LogP contribution is -2.51. The third kappa shape index (κ3) is 7.05. The Balaban J connectivity index is 2.20. The van der Waals surface area contributed by atoms with Gasteiger partial charge < -0.3 is 10.2 Å². The first kappa shape index (κ1) is 15.0. The summed E-state index contributed by atoms with van der Waals surface area (Å²) in [7, 11) is 0. The monoisotopic (exact) mass is 240 g/mol. The fourth-order valence-corrected chi connectivity index (χ4v) is 2.66. The third-order valence-corrected chi connectivity index (χ3v) is 3.50. The van der Waals surface area contributed by atoms with Crippen LogP contribution < -0.4 is 5.32 Å². The van der Waals surface area contributed by atoms with E-state index in [0.29, 0.717) is 5.41 Å². The molecule has 0 spiro atoms. The van der Waals surface area contributed by atoms with Crippen LogP contribution in [0.3, 0.4) is 0 Å². The predicted molar refractivity (Wildman–Crippen MR) is 76.4 cm³/mol. The molecule has 0 aliphatic carbocycles. The zero-order chi connectivity index (χ0) is 12.9. The van der Waals surface area contributed by atoms with Gasteiger partial charge in [-0.1, -0.05) is 34.6 Å². The van der Waals surface area contributed by atoms with Crippen LogP contribution in [0.15, 0.2) is 0 Å². The molecule has 1 saturated heterocycles. The summed E-state index contributed by atoms with van der Waals surface area (Å²) in [6.45, 7) is 16.6. The van der Waals surface area contributed by atoms with Crippen molar-refractivity contribution in [3.8, 4) is 0 Å². The molecule has 102 valence electrons. The maximum atomic E-state index is 3.65. The molecule has 1 heterocycles. The predicted octanol–water partition coefficient (Wildman–Crippen LogP) is 3.13. The fraction of sp³-hybridized carbons (Fsp3) is 1.00. The van der Waals surface area contributed by atoms with Gasteiger partial charge in [0.1, 0.15) is 0 Å². The summed E-state index contributed by atoms with van der Waals surface area (Å²) in [5, 5.41) is 3.65. The highest BCUT2D eigenvalue weighted by Crippen LogP contribution is 2.21. The first-order chi connectivity index (χ1) is 7.87. The summed E-state index contributed by atoms with van der Waals surface area (Å²) < 4.78 is 0. The van der Waals surface area contributed by atoms with Crippen molar-refractivity contribution >= 4 is 0 Å². The maximum absolute atomic E-state index is 3.65. The Morgan fingerprint density at radius 1 is 1.29 bits per heavy atom. The van der Waals surface area contributed by atoms with Crippen molar-refractivity contribution in [2.24, 2.45) is 11.3 Å². The van der Waals surface area contributed by atoms with Crippen LogP contribution in [-0.2, 0) is 0 Å². The minimum absolute atomic E-state index is 0.491. The zero-order valence-corrected chi connectivity index (χ0v) is 12.6. The van der Waals surface area contributed by atoms with Crippen molar-refractivity contribution in [1.82, 2.24) is 10.2 Å². The molecule has 0 aromatic heterocycles. The topological polar surface area (TPSA) is 15.3 Å². The molecule has 1 rings (SSSR count). The number of hydrogen-bond donors (Lipinski definition) is 1. The Morgan fingerprint density at radius 2 is 2.00 bits per heavy atom. The number of hydrogen-bond acceptors (Lipinski definition) is 2. The van der Waals surface area contributed by atoms with Gasteiger partial charge in [-0.25, -0.2) is 0 Å². The van der Waals surface area contributed by atoms with E-state index in [4.69, 9.17) is 0 Å². The average molecular weight is 240 g/mol. The molecule has 1 N–H and O–H groups in total. The van der Waals surface area contributed by atoms with Crippen LogP contribution in [0.2, 0.25) is 0 Å². The summed E-state index contributed by atoms with van der Waals surface area (Å²) in [6.07, 6.45) is 4.00. The molecule has 0 amide bonds. The number of piperazine rings is 1. The summed E-state index contributed by atoms with van der Waals surface area (Å²) in [6, 6.07) is 0.721. The lowest BCUT2D eigenvalue weighted by atomic mass is 9.90. The fourth-order valence-electron chi connectivity index (χ4n) is 2.66. The van der Waals surface area contributed by atoms with Gasteiger partial charge in [0.15, 0.2) is 0 Å². The van der Waals surface area contributed by atoms with E-state index in [1.165, 1.54) is 45.4 Å². The standard InChI is InChI=1S/C15H32N2/c1-13(2)11-14-12-17(10-8-16-14)9-6-7-15(3,4)5/h13-14,16H,6-12H2,1-5H3. The van der Waals surface area contributed by atoms with E-state index in [9.17, 15) is 0 Å². The summed E-state index contributed by atoms with van der Waals surface area (Å²) >= 11 is 0. The van der Waals surface area contributed by atoms with Gasteiger partial charge in [0.25, 0.3) is 0 Å². The number of nitrogens with zero attached hydrogens (tertiary/aromatic N) is 1. The smallest absolute Gasteiger partial charge is 0.0197 e. The van der Waals surface area contributed by atoms with E-state index in [1.807, 2.05) is 0 Å².